The number of carbonyl (C=O) groups is 1. The number of likely N-dealkylation sites (N-methyl/N-ethyl adjacent to an activating group) is 1. The summed E-state index contributed by atoms with van der Waals surface area (Å²) >= 11 is 0. The summed E-state index contributed by atoms with van der Waals surface area (Å²) in [6, 6.07) is 0.262. The molecule has 1 unspecified atom stereocenters. The maximum absolute atomic E-state index is 12.0. The molecule has 116 valence electrons. The zero-order chi connectivity index (χ0) is 14.6. The van der Waals surface area contributed by atoms with Crippen molar-refractivity contribution in [3.63, 3.8) is 0 Å². The molecule has 2 heterocycles. The largest absolute Gasteiger partial charge is 0.341 e. The minimum absolute atomic E-state index is 0.0512. The van der Waals surface area contributed by atoms with Crippen LogP contribution in [0.3, 0.4) is 0 Å². The first-order chi connectivity index (χ1) is 9.50. The molecule has 1 amide bonds. The van der Waals surface area contributed by atoms with Gasteiger partial charge in [0.05, 0.1) is 5.75 Å². The van der Waals surface area contributed by atoms with E-state index in [1.807, 2.05) is 7.05 Å². The second-order valence-corrected chi connectivity index (χ2v) is 7.77. The summed E-state index contributed by atoms with van der Waals surface area (Å²) in [5.41, 5.74) is 0. The van der Waals surface area contributed by atoms with Crippen LogP contribution in [0, 0.1) is 0 Å². The fourth-order valence-corrected chi connectivity index (χ4v) is 4.43. The minimum atomic E-state index is -3.15. The molecule has 0 radical (unpaired) electrons. The number of hydrogen-bond donors (Lipinski definition) is 1. The molecule has 2 saturated heterocycles. The molecule has 0 aromatic carbocycles. The van der Waals surface area contributed by atoms with Gasteiger partial charge in [0.1, 0.15) is 0 Å². The molecule has 2 aliphatic rings. The Morgan fingerprint density at radius 2 is 2.05 bits per heavy atom. The van der Waals surface area contributed by atoms with Gasteiger partial charge in [-0.2, -0.15) is 0 Å². The maximum atomic E-state index is 12.0. The summed E-state index contributed by atoms with van der Waals surface area (Å²) in [7, 11) is -1.34. The number of amides is 1. The normalized spacial score (nSPS) is 24.1. The molecule has 2 rings (SSSR count). The predicted molar refractivity (Wildman–Crippen MR) is 77.9 cm³/mol. The van der Waals surface area contributed by atoms with Crippen molar-refractivity contribution in [3.05, 3.63) is 0 Å². The van der Waals surface area contributed by atoms with Gasteiger partial charge in [-0.1, -0.05) is 0 Å². The lowest BCUT2D eigenvalue weighted by Gasteiger charge is -2.24. The van der Waals surface area contributed by atoms with Gasteiger partial charge in [0.15, 0.2) is 0 Å². The van der Waals surface area contributed by atoms with Gasteiger partial charge in [0, 0.05) is 39.1 Å². The Morgan fingerprint density at radius 1 is 1.35 bits per heavy atom. The number of nitrogens with one attached hydrogen (secondary N) is 1. The van der Waals surface area contributed by atoms with Crippen molar-refractivity contribution in [3.8, 4) is 0 Å². The second-order valence-electron chi connectivity index (χ2n) is 5.68. The van der Waals surface area contributed by atoms with E-state index in [-0.39, 0.29) is 17.7 Å². The molecule has 20 heavy (non-hydrogen) atoms. The third-order valence-corrected chi connectivity index (χ3v) is 6.18. The fraction of sp³-hybridized carbons (Fsp3) is 0.923. The molecule has 1 N–H and O–H groups in total. The van der Waals surface area contributed by atoms with E-state index in [2.05, 4.69) is 5.32 Å². The van der Waals surface area contributed by atoms with E-state index in [1.165, 1.54) is 0 Å². The van der Waals surface area contributed by atoms with Crippen molar-refractivity contribution in [2.45, 2.75) is 38.1 Å². The van der Waals surface area contributed by atoms with E-state index >= 15 is 0 Å². The summed E-state index contributed by atoms with van der Waals surface area (Å²) in [6.45, 7) is 3.08. The summed E-state index contributed by atoms with van der Waals surface area (Å²) in [6.07, 6.45) is 3.63. The number of nitrogens with zero attached hydrogens (tertiary/aromatic N) is 2. The second kappa shape index (κ2) is 6.87. The van der Waals surface area contributed by atoms with Crippen molar-refractivity contribution in [1.82, 2.24) is 14.5 Å². The Morgan fingerprint density at radius 3 is 2.65 bits per heavy atom. The third kappa shape index (κ3) is 3.93. The number of carbonyl (C=O) groups excluding carboxylic acids is 1. The quantitative estimate of drug-likeness (QED) is 0.750. The zero-order valence-corrected chi connectivity index (χ0v) is 13.0. The molecule has 2 aliphatic heterocycles. The molecule has 0 aromatic rings. The highest BCUT2D eigenvalue weighted by atomic mass is 32.2. The molecule has 6 nitrogen and oxygen atoms in total. The van der Waals surface area contributed by atoms with Crippen molar-refractivity contribution >= 4 is 15.9 Å². The van der Waals surface area contributed by atoms with Crippen LogP contribution in [0.25, 0.3) is 0 Å². The molecule has 0 bridgehead atoms. The van der Waals surface area contributed by atoms with Crippen molar-refractivity contribution in [2.24, 2.45) is 0 Å². The van der Waals surface area contributed by atoms with Crippen LogP contribution in [0.4, 0.5) is 0 Å². The Hall–Kier alpha value is -0.660. The highest BCUT2D eigenvalue weighted by Gasteiger charge is 2.26. The number of hydrogen-bond acceptors (Lipinski definition) is 4. The van der Waals surface area contributed by atoms with Crippen molar-refractivity contribution in [2.75, 3.05) is 39.0 Å². The van der Waals surface area contributed by atoms with Gasteiger partial charge in [-0.25, -0.2) is 12.7 Å². The lowest BCUT2D eigenvalue weighted by atomic mass is 10.2. The van der Waals surface area contributed by atoms with Gasteiger partial charge in [-0.15, -0.1) is 0 Å². The van der Waals surface area contributed by atoms with Gasteiger partial charge in [0.25, 0.3) is 0 Å². The highest BCUT2D eigenvalue weighted by molar-refractivity contribution is 7.89. The third-order valence-electron chi connectivity index (χ3n) is 4.23. The van der Waals surface area contributed by atoms with Crippen LogP contribution in [0.15, 0.2) is 0 Å². The van der Waals surface area contributed by atoms with Crippen LogP contribution in [0.2, 0.25) is 0 Å². The Balaban J connectivity index is 1.73. The Kier molecular flexibility index (Phi) is 5.40. The van der Waals surface area contributed by atoms with E-state index in [0.717, 1.165) is 32.4 Å². The molecular weight excluding hydrogens is 278 g/mol. The molecule has 7 heteroatoms. The zero-order valence-electron chi connectivity index (χ0n) is 12.2. The van der Waals surface area contributed by atoms with E-state index in [0.29, 0.717) is 25.9 Å². The van der Waals surface area contributed by atoms with Crippen LogP contribution in [-0.4, -0.2) is 68.6 Å². The molecule has 1 atom stereocenters. The number of sulfonamides is 1. The van der Waals surface area contributed by atoms with Crippen LogP contribution in [0.5, 0.6) is 0 Å². The highest BCUT2D eigenvalue weighted by Crippen LogP contribution is 2.15. The van der Waals surface area contributed by atoms with Crippen LogP contribution in [-0.2, 0) is 14.8 Å². The van der Waals surface area contributed by atoms with Crippen LogP contribution < -0.4 is 5.32 Å². The molecule has 0 aromatic heterocycles. The average Bonchev–Trinajstić information content (AvgIpc) is 3.10. The molecule has 0 spiro atoms. The number of rotatable bonds is 6. The Bertz CT molecular complexity index is 426. The van der Waals surface area contributed by atoms with Crippen molar-refractivity contribution in [1.29, 1.82) is 0 Å². The van der Waals surface area contributed by atoms with Gasteiger partial charge in [-0.05, 0) is 32.2 Å². The predicted octanol–water partition coefficient (Wildman–Crippen LogP) is 0.0125. The van der Waals surface area contributed by atoms with Gasteiger partial charge in [0.2, 0.25) is 15.9 Å². The Labute approximate surface area is 121 Å². The first-order valence-electron chi connectivity index (χ1n) is 7.45. The van der Waals surface area contributed by atoms with Crippen LogP contribution >= 0.6 is 0 Å². The average molecular weight is 303 g/mol. The standard InChI is InChI=1S/C13H25N3O3S/c1-15(12-6-7-14-11-12)13(17)5-4-10-20(18,19)16-8-2-3-9-16/h12,14H,2-11H2,1H3. The van der Waals surface area contributed by atoms with E-state index in [9.17, 15) is 13.2 Å². The van der Waals surface area contributed by atoms with E-state index < -0.39 is 10.0 Å². The summed E-state index contributed by atoms with van der Waals surface area (Å²) in [5.74, 6) is 0.144. The molecule has 0 aliphatic carbocycles. The molecular formula is C13H25N3O3S. The van der Waals surface area contributed by atoms with Gasteiger partial charge < -0.3 is 10.2 Å². The van der Waals surface area contributed by atoms with Gasteiger partial charge in [-0.3, -0.25) is 4.79 Å². The lowest BCUT2D eigenvalue weighted by molar-refractivity contribution is -0.131. The van der Waals surface area contributed by atoms with E-state index in [1.54, 1.807) is 9.21 Å². The smallest absolute Gasteiger partial charge is 0.222 e. The first-order valence-corrected chi connectivity index (χ1v) is 9.06. The molecule has 0 saturated carbocycles. The van der Waals surface area contributed by atoms with E-state index in [4.69, 9.17) is 0 Å². The lowest BCUT2D eigenvalue weighted by Crippen LogP contribution is -2.38. The van der Waals surface area contributed by atoms with Gasteiger partial charge >= 0.3 is 0 Å². The van der Waals surface area contributed by atoms with Crippen LogP contribution in [0.1, 0.15) is 32.1 Å². The monoisotopic (exact) mass is 303 g/mol. The fourth-order valence-electron chi connectivity index (χ4n) is 2.85. The molecule has 2 fully saturated rings. The summed E-state index contributed by atoms with van der Waals surface area (Å²) in [4.78, 5) is 13.8. The summed E-state index contributed by atoms with van der Waals surface area (Å²) < 4.78 is 25.6. The SMILES string of the molecule is CN(C(=O)CCCS(=O)(=O)N1CCCC1)C1CCNC1. The van der Waals surface area contributed by atoms with Crippen molar-refractivity contribution < 1.29 is 13.2 Å². The topological polar surface area (TPSA) is 69.7 Å². The first kappa shape index (κ1) is 15.7. The summed E-state index contributed by atoms with van der Waals surface area (Å²) in [5, 5.41) is 3.23. The maximum Gasteiger partial charge on any atom is 0.222 e. The minimum Gasteiger partial charge on any atom is -0.341 e.